The molecule has 0 saturated carbocycles. The summed E-state index contributed by atoms with van der Waals surface area (Å²) in [6, 6.07) is 9.72. The molecule has 6 heteroatoms. The number of nitroso groups, excluding NO2 is 1. The third-order valence-electron chi connectivity index (χ3n) is 4.51. The molecule has 1 aliphatic carbocycles. The second-order valence-electron chi connectivity index (χ2n) is 6.11. The number of nitrogen functional groups attached to an aromatic ring is 1. The Kier molecular flexibility index (Phi) is 3.37. The molecular formula is C18H17N5O. The van der Waals surface area contributed by atoms with Gasteiger partial charge in [-0.25, -0.2) is 4.98 Å². The molecule has 3 aromatic rings. The van der Waals surface area contributed by atoms with E-state index in [1.165, 1.54) is 5.56 Å². The molecule has 6 nitrogen and oxygen atoms in total. The zero-order valence-corrected chi connectivity index (χ0v) is 13.3. The van der Waals surface area contributed by atoms with E-state index in [0.717, 1.165) is 40.8 Å². The third-order valence-corrected chi connectivity index (χ3v) is 4.51. The van der Waals surface area contributed by atoms with Gasteiger partial charge in [-0.1, -0.05) is 23.4 Å². The first kappa shape index (κ1) is 14.6. The Hall–Kier alpha value is -3.02. The van der Waals surface area contributed by atoms with E-state index in [4.69, 9.17) is 5.73 Å². The highest BCUT2D eigenvalue weighted by Crippen LogP contribution is 2.38. The standard InChI is InChI=1S/C18H17N5O/c1-23-10-15(18(21-23)13-6-7-20-17(19)9-13)12-2-4-14-11(8-12)3-5-16(14)22-24/h2,4,6-10,16H,3,5H2,1H3,(H2,19,20). The minimum atomic E-state index is -0.206. The van der Waals surface area contributed by atoms with Gasteiger partial charge in [0.05, 0.1) is 0 Å². The second-order valence-corrected chi connectivity index (χ2v) is 6.11. The van der Waals surface area contributed by atoms with Gasteiger partial charge in [-0.3, -0.25) is 4.68 Å². The average molecular weight is 319 g/mol. The summed E-state index contributed by atoms with van der Waals surface area (Å²) in [7, 11) is 1.90. The summed E-state index contributed by atoms with van der Waals surface area (Å²) in [5.74, 6) is 0.470. The number of aromatic nitrogens is 3. The molecule has 0 saturated heterocycles. The number of benzene rings is 1. The van der Waals surface area contributed by atoms with E-state index in [1.807, 2.05) is 37.5 Å². The fourth-order valence-electron chi connectivity index (χ4n) is 3.38. The largest absolute Gasteiger partial charge is 0.384 e. The monoisotopic (exact) mass is 319 g/mol. The van der Waals surface area contributed by atoms with Gasteiger partial charge in [0.2, 0.25) is 0 Å². The van der Waals surface area contributed by atoms with E-state index in [2.05, 4.69) is 21.3 Å². The number of hydrogen-bond donors (Lipinski definition) is 1. The van der Waals surface area contributed by atoms with Crippen molar-refractivity contribution in [3.63, 3.8) is 0 Å². The first-order valence-corrected chi connectivity index (χ1v) is 7.87. The molecule has 1 unspecified atom stereocenters. The summed E-state index contributed by atoms with van der Waals surface area (Å²) in [5.41, 5.74) is 12.0. The number of fused-ring (bicyclic) bond motifs is 1. The molecule has 0 amide bonds. The molecule has 4 rings (SSSR count). The van der Waals surface area contributed by atoms with Crippen LogP contribution in [0.2, 0.25) is 0 Å². The minimum absolute atomic E-state index is 0.206. The maximum absolute atomic E-state index is 10.9. The SMILES string of the molecule is Cn1cc(-c2ccc3c(c2)CCC3N=O)c(-c2ccnc(N)c2)n1. The lowest BCUT2D eigenvalue weighted by atomic mass is 9.98. The Bertz CT molecular complexity index is 931. The third kappa shape index (κ3) is 2.36. The molecular weight excluding hydrogens is 302 g/mol. The zero-order valence-electron chi connectivity index (χ0n) is 13.3. The Morgan fingerprint density at radius 2 is 2.12 bits per heavy atom. The second kappa shape index (κ2) is 5.56. The average Bonchev–Trinajstić information content (AvgIpc) is 3.17. The Labute approximate surface area is 139 Å². The number of nitrogens with zero attached hydrogens (tertiary/aromatic N) is 4. The lowest BCUT2D eigenvalue weighted by Crippen LogP contribution is -1.92. The first-order valence-electron chi connectivity index (χ1n) is 7.87. The van der Waals surface area contributed by atoms with Crippen molar-refractivity contribution < 1.29 is 0 Å². The number of aryl methyl sites for hydroxylation is 2. The van der Waals surface area contributed by atoms with E-state index in [1.54, 1.807) is 10.9 Å². The van der Waals surface area contributed by atoms with Crippen LogP contribution in [0.3, 0.4) is 0 Å². The molecule has 2 N–H and O–H groups in total. The fourth-order valence-corrected chi connectivity index (χ4v) is 3.38. The molecule has 24 heavy (non-hydrogen) atoms. The highest BCUT2D eigenvalue weighted by Gasteiger charge is 2.24. The number of anilines is 1. The molecule has 0 aliphatic heterocycles. The predicted molar refractivity (Wildman–Crippen MR) is 93.1 cm³/mol. The van der Waals surface area contributed by atoms with E-state index >= 15 is 0 Å². The van der Waals surface area contributed by atoms with E-state index in [-0.39, 0.29) is 6.04 Å². The van der Waals surface area contributed by atoms with Crippen LogP contribution in [0.15, 0.2) is 47.9 Å². The smallest absolute Gasteiger partial charge is 0.123 e. The Morgan fingerprint density at radius 1 is 1.25 bits per heavy atom. The summed E-state index contributed by atoms with van der Waals surface area (Å²) in [5, 5.41) is 7.81. The van der Waals surface area contributed by atoms with Crippen LogP contribution in [-0.4, -0.2) is 14.8 Å². The lowest BCUT2D eigenvalue weighted by molar-refractivity contribution is 0.710. The van der Waals surface area contributed by atoms with Crippen molar-refractivity contribution in [1.82, 2.24) is 14.8 Å². The van der Waals surface area contributed by atoms with Crippen molar-refractivity contribution in [1.29, 1.82) is 0 Å². The maximum Gasteiger partial charge on any atom is 0.123 e. The van der Waals surface area contributed by atoms with Crippen molar-refractivity contribution in [2.75, 3.05) is 5.73 Å². The molecule has 120 valence electrons. The minimum Gasteiger partial charge on any atom is -0.384 e. The van der Waals surface area contributed by atoms with Gasteiger partial charge in [0, 0.05) is 30.6 Å². The van der Waals surface area contributed by atoms with E-state index in [9.17, 15) is 4.91 Å². The van der Waals surface area contributed by atoms with Gasteiger partial charge in [0.25, 0.3) is 0 Å². The number of nitrogens with two attached hydrogens (primary N) is 1. The van der Waals surface area contributed by atoms with Crippen LogP contribution in [0.25, 0.3) is 22.4 Å². The topological polar surface area (TPSA) is 86.2 Å². The Balaban J connectivity index is 1.82. The highest BCUT2D eigenvalue weighted by molar-refractivity contribution is 5.81. The number of rotatable bonds is 3. The van der Waals surface area contributed by atoms with Gasteiger partial charge >= 0.3 is 0 Å². The summed E-state index contributed by atoms with van der Waals surface area (Å²) in [4.78, 5) is 15.0. The summed E-state index contributed by atoms with van der Waals surface area (Å²) < 4.78 is 1.80. The van der Waals surface area contributed by atoms with Crippen molar-refractivity contribution in [3.05, 3.63) is 58.8 Å². The predicted octanol–water partition coefficient (Wildman–Crippen LogP) is 3.49. The van der Waals surface area contributed by atoms with Gasteiger partial charge in [0.15, 0.2) is 0 Å². The van der Waals surface area contributed by atoms with Crippen molar-refractivity contribution in [2.45, 2.75) is 18.9 Å². The van der Waals surface area contributed by atoms with Gasteiger partial charge in [-0.15, -0.1) is 0 Å². The quantitative estimate of drug-likeness (QED) is 0.749. The Morgan fingerprint density at radius 3 is 2.92 bits per heavy atom. The van der Waals surface area contributed by atoms with Crippen LogP contribution in [0.1, 0.15) is 23.6 Å². The molecule has 2 heterocycles. The number of pyridine rings is 1. The van der Waals surface area contributed by atoms with E-state index < -0.39 is 0 Å². The van der Waals surface area contributed by atoms with Gasteiger partial charge in [-0.05, 0) is 41.7 Å². The van der Waals surface area contributed by atoms with Gasteiger partial charge in [-0.2, -0.15) is 10.0 Å². The first-order chi connectivity index (χ1) is 11.7. The van der Waals surface area contributed by atoms with Crippen molar-refractivity contribution in [2.24, 2.45) is 12.2 Å². The summed E-state index contributed by atoms with van der Waals surface area (Å²) >= 11 is 0. The van der Waals surface area contributed by atoms with Gasteiger partial charge < -0.3 is 5.73 Å². The molecule has 1 aliphatic rings. The van der Waals surface area contributed by atoms with Gasteiger partial charge in [0.1, 0.15) is 17.6 Å². The summed E-state index contributed by atoms with van der Waals surface area (Å²) in [6.45, 7) is 0. The molecule has 0 radical (unpaired) electrons. The van der Waals surface area contributed by atoms with Crippen LogP contribution < -0.4 is 5.73 Å². The van der Waals surface area contributed by atoms with E-state index in [0.29, 0.717) is 5.82 Å². The van der Waals surface area contributed by atoms with Crippen molar-refractivity contribution in [3.8, 4) is 22.4 Å². The molecule has 0 bridgehead atoms. The molecule has 0 fully saturated rings. The highest BCUT2D eigenvalue weighted by atomic mass is 16.3. The molecule has 1 atom stereocenters. The van der Waals surface area contributed by atoms with Crippen LogP contribution in [0.5, 0.6) is 0 Å². The molecule has 1 aromatic carbocycles. The normalized spacial score (nSPS) is 16.1. The van der Waals surface area contributed by atoms with Crippen LogP contribution >= 0.6 is 0 Å². The lowest BCUT2D eigenvalue weighted by Gasteiger charge is -2.07. The maximum atomic E-state index is 10.9. The summed E-state index contributed by atoms with van der Waals surface area (Å²) in [6.07, 6.45) is 5.37. The van der Waals surface area contributed by atoms with Crippen LogP contribution in [0.4, 0.5) is 5.82 Å². The molecule has 2 aromatic heterocycles. The number of hydrogen-bond acceptors (Lipinski definition) is 5. The van der Waals surface area contributed by atoms with Crippen LogP contribution in [0, 0.1) is 4.91 Å². The fraction of sp³-hybridized carbons (Fsp3) is 0.222. The van der Waals surface area contributed by atoms with Crippen molar-refractivity contribution >= 4 is 5.82 Å². The zero-order chi connectivity index (χ0) is 16.7. The molecule has 0 spiro atoms. The van der Waals surface area contributed by atoms with Crippen LogP contribution in [-0.2, 0) is 13.5 Å².